The van der Waals surface area contributed by atoms with Gasteiger partial charge in [-0.05, 0) is 194 Å². The molecule has 0 N–H and O–H groups in total. The Kier molecular flexibility index (Phi) is 13.4. The highest BCUT2D eigenvalue weighted by Crippen LogP contribution is 2.57. The first kappa shape index (κ1) is 59.2. The lowest BCUT2D eigenvalue weighted by Gasteiger charge is -2.30. The predicted molar refractivity (Wildman–Crippen MR) is 417 cm³/mol. The Morgan fingerprint density at radius 2 is 0.480 bits per heavy atom. The molecule has 14 aromatic carbocycles. The normalized spacial score (nSPS) is 15.0. The molecule has 0 aromatic heterocycles. The van der Waals surface area contributed by atoms with E-state index in [0.29, 0.717) is 0 Å². The highest BCUT2D eigenvalue weighted by molar-refractivity contribution is 6.02. The molecule has 18 rings (SSSR count). The molecule has 0 radical (unpaired) electrons. The van der Waals surface area contributed by atoms with E-state index in [9.17, 15) is 0 Å². The minimum Gasteiger partial charge on any atom is -0.310 e. The van der Waals surface area contributed by atoms with Crippen LogP contribution in [0.25, 0.3) is 101 Å². The van der Waals surface area contributed by atoms with Crippen molar-refractivity contribution in [3.63, 3.8) is 0 Å². The number of nitrogens with zero attached hydrogens (tertiary/aromatic N) is 2. The zero-order valence-corrected chi connectivity index (χ0v) is 56.9. The van der Waals surface area contributed by atoms with Gasteiger partial charge < -0.3 is 9.80 Å². The van der Waals surface area contributed by atoms with Gasteiger partial charge in [0.2, 0.25) is 0 Å². The molecule has 4 aliphatic rings. The van der Waals surface area contributed by atoms with Crippen molar-refractivity contribution in [2.75, 3.05) is 9.80 Å². The van der Waals surface area contributed by atoms with Gasteiger partial charge >= 0.3 is 0 Å². The number of fused-ring (bicyclic) bond motifs is 14. The van der Waals surface area contributed by atoms with Crippen LogP contribution in [0.5, 0.6) is 0 Å². The Hall–Kier alpha value is -11.3. The van der Waals surface area contributed by atoms with Crippen LogP contribution in [-0.4, -0.2) is 0 Å². The van der Waals surface area contributed by atoms with Crippen LogP contribution in [0.3, 0.4) is 0 Å². The fourth-order valence-electron chi connectivity index (χ4n) is 17.3. The predicted octanol–water partition coefficient (Wildman–Crippen LogP) is 26.2. The van der Waals surface area contributed by atoms with E-state index in [0.717, 1.165) is 11.4 Å². The fraction of sp³-hybridized carbons (Fsp3) is 0.125. The summed E-state index contributed by atoms with van der Waals surface area (Å²) in [6.07, 6.45) is 9.03. The first-order chi connectivity index (χ1) is 47.6. The van der Waals surface area contributed by atoms with E-state index in [4.69, 9.17) is 0 Å². The maximum atomic E-state index is 2.49. The molecule has 0 amide bonds. The van der Waals surface area contributed by atoms with Crippen LogP contribution in [0.2, 0.25) is 0 Å². The quantitative estimate of drug-likeness (QED) is 0.119. The van der Waals surface area contributed by atoms with Crippen LogP contribution >= 0.6 is 0 Å². The van der Waals surface area contributed by atoms with E-state index < -0.39 is 0 Å². The number of hydrogen-bond acceptors (Lipinski definition) is 2. The van der Waals surface area contributed by atoms with Crippen molar-refractivity contribution in [1.29, 1.82) is 0 Å². The van der Waals surface area contributed by atoms with Crippen molar-refractivity contribution in [2.45, 2.75) is 77.0 Å². The zero-order chi connectivity index (χ0) is 66.4. The van der Waals surface area contributed by atoms with Crippen molar-refractivity contribution in [1.82, 2.24) is 0 Å². The SMILES string of the molecule is CC1(C)c2ccccc2-c2ccc(N(c3ccc4c(c3)C(C)(C)c3cc(C=Cc5ccc(-c6ccc(C=Cc7ccc8c(c7)C(C)(C)c7cc(N(c9ccc%10c(c9)C(C)(C)c9ccccc9-%10)c9cccc%10ccccc9%10)ccc7-8)cc6)cc5)ccc3-4)c3cccc4ccccc34)cc21. The Bertz CT molecular complexity index is 5330. The average Bonchev–Trinajstić information content (AvgIpc) is 1.57. The molecule has 4 aliphatic carbocycles. The Morgan fingerprint density at radius 3 is 0.847 bits per heavy atom. The second-order valence-electron chi connectivity index (χ2n) is 29.7. The summed E-state index contributed by atoms with van der Waals surface area (Å²) in [5.74, 6) is 0. The molecule has 0 aliphatic heterocycles. The smallest absolute Gasteiger partial charge is 0.0540 e. The summed E-state index contributed by atoms with van der Waals surface area (Å²) in [6, 6.07) is 109. The second-order valence-corrected chi connectivity index (χ2v) is 29.7. The molecule has 0 spiro atoms. The summed E-state index contributed by atoms with van der Waals surface area (Å²) in [4.78, 5) is 4.99. The van der Waals surface area contributed by atoms with Crippen molar-refractivity contribution in [2.24, 2.45) is 0 Å². The molecule has 0 bridgehead atoms. The topological polar surface area (TPSA) is 6.48 Å². The van der Waals surface area contributed by atoms with Gasteiger partial charge in [-0.2, -0.15) is 0 Å². The summed E-state index contributed by atoms with van der Waals surface area (Å²) < 4.78 is 0. The molecule has 2 nitrogen and oxygen atoms in total. The second kappa shape index (κ2) is 22.1. The van der Waals surface area contributed by atoms with Crippen LogP contribution in [-0.2, 0) is 21.7 Å². The highest BCUT2D eigenvalue weighted by Gasteiger charge is 2.41. The monoisotopic (exact) mass is 1260 g/mol. The standard InChI is InChI=1S/C96H76N2/c1-93(2)83-27-15-13-25-75(83)79-51-45-69(57-87(79)93)97(91-29-17-21-67-19-9-11-23-73(67)91)71-47-53-81-77-49-39-63(55-85(77)95(5,6)89(81)59-71)33-31-61-35-41-65(42-36-61)66-43-37-62(38-44-66)32-34-64-40-50-78-82-54-48-72(60-90(82)96(7,8)86(78)56-64)98(92-30-18-22-68-20-10-12-24-74(68)92)70-46-52-80-76-26-14-16-28-84(76)94(3,4)88(80)58-70/h9-60H,1-8H3. The summed E-state index contributed by atoms with van der Waals surface area (Å²) in [5.41, 5.74) is 34.9. The third-order valence-electron chi connectivity index (χ3n) is 22.6. The van der Waals surface area contributed by atoms with Gasteiger partial charge in [0.1, 0.15) is 0 Å². The molecule has 0 atom stereocenters. The van der Waals surface area contributed by atoms with Crippen LogP contribution in [0, 0.1) is 0 Å². The summed E-state index contributed by atoms with van der Waals surface area (Å²) in [5, 5.41) is 4.92. The van der Waals surface area contributed by atoms with E-state index in [1.165, 1.54) is 167 Å². The van der Waals surface area contributed by atoms with Crippen LogP contribution in [0.4, 0.5) is 34.1 Å². The fourth-order valence-corrected chi connectivity index (χ4v) is 17.3. The number of benzene rings is 14. The highest BCUT2D eigenvalue weighted by atomic mass is 15.2. The first-order valence-electron chi connectivity index (χ1n) is 34.8. The maximum Gasteiger partial charge on any atom is 0.0540 e. The third kappa shape index (κ3) is 9.29. The minimum absolute atomic E-state index is 0.117. The lowest BCUT2D eigenvalue weighted by atomic mass is 9.81. The molecule has 470 valence electrons. The first-order valence-corrected chi connectivity index (χ1v) is 34.8. The molecular formula is C96H76N2. The Labute approximate surface area is 576 Å². The summed E-state index contributed by atoms with van der Waals surface area (Å²) in [6.45, 7) is 19.1. The third-order valence-corrected chi connectivity index (χ3v) is 22.6. The minimum atomic E-state index is -0.219. The van der Waals surface area contributed by atoms with E-state index >= 15 is 0 Å². The number of anilines is 6. The van der Waals surface area contributed by atoms with Gasteiger partial charge in [-0.3, -0.25) is 0 Å². The maximum absolute atomic E-state index is 2.49. The Morgan fingerprint density at radius 1 is 0.214 bits per heavy atom. The number of rotatable bonds is 11. The van der Waals surface area contributed by atoms with Crippen molar-refractivity contribution < 1.29 is 0 Å². The zero-order valence-electron chi connectivity index (χ0n) is 56.9. The molecule has 14 aromatic rings. The average molecular weight is 1260 g/mol. The molecular weight excluding hydrogens is 1180 g/mol. The lowest BCUT2D eigenvalue weighted by Crippen LogP contribution is -2.18. The van der Waals surface area contributed by atoms with Gasteiger partial charge in [-0.1, -0.05) is 310 Å². The van der Waals surface area contributed by atoms with E-state index in [-0.39, 0.29) is 21.7 Å². The van der Waals surface area contributed by atoms with Crippen molar-refractivity contribution in [3.8, 4) is 55.6 Å². The molecule has 0 saturated carbocycles. The summed E-state index contributed by atoms with van der Waals surface area (Å²) >= 11 is 0. The van der Waals surface area contributed by atoms with Crippen molar-refractivity contribution >= 4 is 80.0 Å². The van der Waals surface area contributed by atoms with E-state index in [1.54, 1.807) is 0 Å². The van der Waals surface area contributed by atoms with Gasteiger partial charge in [0.15, 0.2) is 0 Å². The molecule has 0 fully saturated rings. The van der Waals surface area contributed by atoms with Gasteiger partial charge in [-0.25, -0.2) is 0 Å². The number of hydrogen-bond donors (Lipinski definition) is 0. The molecule has 2 heteroatoms. The molecule has 98 heavy (non-hydrogen) atoms. The van der Waals surface area contributed by atoms with Crippen LogP contribution in [0.15, 0.2) is 291 Å². The van der Waals surface area contributed by atoms with Gasteiger partial charge in [-0.15, -0.1) is 0 Å². The van der Waals surface area contributed by atoms with Crippen LogP contribution < -0.4 is 9.80 Å². The van der Waals surface area contributed by atoms with E-state index in [1.807, 2.05) is 0 Å². The van der Waals surface area contributed by atoms with Crippen molar-refractivity contribution in [3.05, 3.63) is 358 Å². The molecule has 0 saturated heterocycles. The van der Waals surface area contributed by atoms with Crippen LogP contribution in [0.1, 0.15) is 122 Å². The van der Waals surface area contributed by atoms with E-state index in [2.05, 4.69) is 381 Å². The lowest BCUT2D eigenvalue weighted by molar-refractivity contribution is 0.659. The largest absolute Gasteiger partial charge is 0.310 e. The molecule has 0 heterocycles. The molecule has 0 unspecified atom stereocenters. The van der Waals surface area contributed by atoms with Gasteiger partial charge in [0.05, 0.1) is 11.4 Å². The van der Waals surface area contributed by atoms with Gasteiger partial charge in [0, 0.05) is 55.2 Å². The Balaban J connectivity index is 0.572. The van der Waals surface area contributed by atoms with Gasteiger partial charge in [0.25, 0.3) is 0 Å². The summed E-state index contributed by atoms with van der Waals surface area (Å²) in [7, 11) is 0.